The van der Waals surface area contributed by atoms with Crippen molar-refractivity contribution in [2.45, 2.75) is 30.5 Å². The van der Waals surface area contributed by atoms with E-state index < -0.39 is 47.1 Å². The van der Waals surface area contributed by atoms with E-state index in [-0.39, 0.29) is 0 Å². The topological polar surface area (TPSA) is 38.8 Å². The molecule has 0 amide bonds. The highest BCUT2D eigenvalue weighted by atomic mass is 19.4. The van der Waals surface area contributed by atoms with Crippen molar-refractivity contribution in [1.29, 1.82) is 0 Å². The molecule has 194 valence electrons. The minimum absolute atomic E-state index is 0.292. The Hall–Kier alpha value is -3.17. The number of benzene rings is 2. The molecule has 16 heteroatoms. The normalized spacial score (nSPS) is 15.0. The van der Waals surface area contributed by atoms with Gasteiger partial charge in [-0.15, -0.1) is 0 Å². The van der Waals surface area contributed by atoms with Crippen LogP contribution >= 0.6 is 0 Å². The first-order chi connectivity index (χ1) is 15.8. The van der Waals surface area contributed by atoms with Gasteiger partial charge >= 0.3 is 36.5 Å². The fourth-order valence-corrected chi connectivity index (χ4v) is 2.70. The van der Waals surface area contributed by atoms with Crippen LogP contribution in [0.2, 0.25) is 0 Å². The van der Waals surface area contributed by atoms with E-state index in [1.54, 1.807) is 0 Å². The number of ether oxygens (including phenoxy) is 2. The average molecular weight is 529 g/mol. The van der Waals surface area contributed by atoms with Crippen molar-refractivity contribution in [3.8, 4) is 22.6 Å². The van der Waals surface area contributed by atoms with Crippen LogP contribution in [0.4, 0.5) is 52.7 Å². The van der Waals surface area contributed by atoms with Crippen molar-refractivity contribution < 1.29 is 67.0 Å². The number of nitrogens with zero attached hydrogens (tertiary/aromatic N) is 1. The molecule has 0 unspecified atom stereocenters. The Balaban J connectivity index is 2.44. The van der Waals surface area contributed by atoms with Gasteiger partial charge in [-0.1, -0.05) is 29.2 Å². The largest absolute Gasteiger partial charge is 0.497 e. The van der Waals surface area contributed by atoms with E-state index in [1.165, 1.54) is 31.4 Å². The van der Waals surface area contributed by atoms with E-state index in [0.29, 0.717) is 29.0 Å². The molecule has 0 aromatic heterocycles. The number of methoxy groups -OCH3 is 1. The zero-order valence-electron chi connectivity index (χ0n) is 16.8. The van der Waals surface area contributed by atoms with Crippen molar-refractivity contribution >= 4 is 5.97 Å². The summed E-state index contributed by atoms with van der Waals surface area (Å²) < 4.78 is 166. The summed E-state index contributed by atoms with van der Waals surface area (Å²) in [6.45, 7) is 0. The van der Waals surface area contributed by atoms with Crippen molar-refractivity contribution in [1.82, 2.24) is 4.90 Å². The first kappa shape index (κ1) is 28.1. The molecule has 0 bridgehead atoms. The van der Waals surface area contributed by atoms with Gasteiger partial charge in [-0.2, -0.15) is 48.3 Å². The fourth-order valence-electron chi connectivity index (χ4n) is 2.70. The first-order valence-electron chi connectivity index (χ1n) is 8.81. The molecule has 0 radical (unpaired) electrons. The van der Waals surface area contributed by atoms with Crippen LogP contribution in [0.1, 0.15) is 0 Å². The molecular weight excluding hydrogens is 518 g/mol. The summed E-state index contributed by atoms with van der Waals surface area (Å²) >= 11 is 0. The van der Waals surface area contributed by atoms with Crippen LogP contribution in [0.3, 0.4) is 0 Å². The van der Waals surface area contributed by atoms with Gasteiger partial charge in [-0.05, 0) is 35.4 Å². The number of hydrogen-bond acceptors (Lipinski definition) is 4. The Morgan fingerprint density at radius 1 is 0.657 bits per heavy atom. The van der Waals surface area contributed by atoms with Crippen LogP contribution < -0.4 is 9.47 Å². The predicted molar refractivity (Wildman–Crippen MR) is 92.9 cm³/mol. The van der Waals surface area contributed by atoms with Gasteiger partial charge in [0.05, 0.1) is 7.11 Å². The van der Waals surface area contributed by atoms with Crippen LogP contribution in [-0.2, 0) is 4.79 Å². The van der Waals surface area contributed by atoms with Gasteiger partial charge in [0.1, 0.15) is 11.5 Å². The van der Waals surface area contributed by atoms with Crippen molar-refractivity contribution in [2.24, 2.45) is 0 Å². The van der Waals surface area contributed by atoms with E-state index in [4.69, 9.17) is 4.74 Å². The minimum atomic E-state index is -7.55. The van der Waals surface area contributed by atoms with Gasteiger partial charge in [0.25, 0.3) is 0 Å². The molecule has 0 aliphatic rings. The number of esters is 1. The maximum absolute atomic E-state index is 14.5. The molecule has 0 aliphatic heterocycles. The molecule has 4 nitrogen and oxygen atoms in total. The Bertz CT molecular complexity index is 1020. The molecule has 0 spiro atoms. The van der Waals surface area contributed by atoms with Gasteiger partial charge in [0.2, 0.25) is 0 Å². The number of carbonyl (C=O) groups is 1. The summed E-state index contributed by atoms with van der Waals surface area (Å²) in [5.74, 6) is -4.40. The molecular formula is C19H11F12NO3. The van der Waals surface area contributed by atoms with Gasteiger partial charge in [-0.3, -0.25) is 0 Å². The second-order valence-electron chi connectivity index (χ2n) is 6.61. The quantitative estimate of drug-likeness (QED) is 0.186. The number of alkyl halides is 12. The standard InChI is InChI=1S/C19H11F12NO3/c1-34-12-6-2-10(3-7-12)11-4-8-13(9-5-11)35-14(33)15(20,16(21,22)23)17(24,25)32(18(26,27)28)19(29,30)31/h2-9H,1H3/t15-/m1/s1. The van der Waals surface area contributed by atoms with Gasteiger partial charge in [0.15, 0.2) is 0 Å². The Morgan fingerprint density at radius 3 is 1.34 bits per heavy atom. The molecule has 2 aromatic rings. The zero-order chi connectivity index (χ0) is 27.0. The molecule has 0 fully saturated rings. The van der Waals surface area contributed by atoms with Gasteiger partial charge < -0.3 is 9.47 Å². The summed E-state index contributed by atoms with van der Waals surface area (Å²) in [5, 5.41) is 0. The third-order valence-corrected chi connectivity index (χ3v) is 4.36. The molecule has 0 N–H and O–H groups in total. The van der Waals surface area contributed by atoms with Crippen LogP contribution in [0.5, 0.6) is 11.5 Å². The van der Waals surface area contributed by atoms with Gasteiger partial charge in [-0.25, -0.2) is 9.18 Å². The lowest BCUT2D eigenvalue weighted by Crippen LogP contribution is -2.73. The predicted octanol–water partition coefficient (Wildman–Crippen LogP) is 6.47. The Labute approximate surface area is 187 Å². The summed E-state index contributed by atoms with van der Waals surface area (Å²) in [7, 11) is 1.37. The van der Waals surface area contributed by atoms with E-state index >= 15 is 0 Å². The number of rotatable bonds is 6. The molecule has 2 aromatic carbocycles. The molecule has 0 saturated carbocycles. The summed E-state index contributed by atoms with van der Waals surface area (Å²) in [6, 6.07) is 1.82. The maximum atomic E-state index is 14.5. The summed E-state index contributed by atoms with van der Waals surface area (Å²) in [5.41, 5.74) is -6.34. The lowest BCUT2D eigenvalue weighted by atomic mass is 10.0. The summed E-state index contributed by atoms with van der Waals surface area (Å²) in [4.78, 5) is 7.78. The van der Waals surface area contributed by atoms with Crippen molar-refractivity contribution in [3.63, 3.8) is 0 Å². The third kappa shape index (κ3) is 5.41. The number of hydrogen-bond donors (Lipinski definition) is 0. The van der Waals surface area contributed by atoms with E-state index in [2.05, 4.69) is 4.74 Å². The molecule has 35 heavy (non-hydrogen) atoms. The van der Waals surface area contributed by atoms with E-state index in [0.717, 1.165) is 12.1 Å². The number of halogens is 12. The molecule has 0 aliphatic carbocycles. The maximum Gasteiger partial charge on any atom is 0.472 e. The highest BCUT2D eigenvalue weighted by Gasteiger charge is 2.85. The highest BCUT2D eigenvalue weighted by molar-refractivity contribution is 5.84. The van der Waals surface area contributed by atoms with E-state index in [1.807, 2.05) is 0 Å². The first-order valence-corrected chi connectivity index (χ1v) is 8.81. The highest BCUT2D eigenvalue weighted by Crippen LogP contribution is 2.53. The molecule has 2 rings (SSSR count). The Kier molecular flexibility index (Phi) is 7.32. The fraction of sp³-hybridized carbons (Fsp3) is 0.316. The van der Waals surface area contributed by atoms with Crippen molar-refractivity contribution in [2.75, 3.05) is 7.11 Å². The monoisotopic (exact) mass is 529 g/mol. The van der Waals surface area contributed by atoms with Crippen molar-refractivity contribution in [3.05, 3.63) is 48.5 Å². The van der Waals surface area contributed by atoms with Crippen LogP contribution in [0.15, 0.2) is 48.5 Å². The van der Waals surface area contributed by atoms with Crippen LogP contribution in [-0.4, -0.2) is 48.5 Å². The van der Waals surface area contributed by atoms with E-state index in [9.17, 15) is 57.5 Å². The average Bonchev–Trinajstić information content (AvgIpc) is 2.70. The molecule has 0 heterocycles. The third-order valence-electron chi connectivity index (χ3n) is 4.36. The molecule has 1 atom stereocenters. The minimum Gasteiger partial charge on any atom is -0.497 e. The second kappa shape index (κ2) is 9.13. The Morgan fingerprint density at radius 2 is 1.03 bits per heavy atom. The molecule has 0 saturated heterocycles. The lowest BCUT2D eigenvalue weighted by Gasteiger charge is -2.40. The SMILES string of the molecule is COc1ccc(-c2ccc(OC(=O)[C@@](F)(C(F)(F)F)C(F)(F)N(C(F)(F)F)C(F)(F)F)cc2)cc1. The lowest BCUT2D eigenvalue weighted by molar-refractivity contribution is -0.469. The number of carbonyl (C=O) groups excluding carboxylic acids is 1. The van der Waals surface area contributed by atoms with Crippen LogP contribution in [0, 0.1) is 0 Å². The zero-order valence-corrected chi connectivity index (χ0v) is 16.8. The van der Waals surface area contributed by atoms with Gasteiger partial charge in [0, 0.05) is 0 Å². The summed E-state index contributed by atoms with van der Waals surface area (Å²) in [6.07, 6.45) is -21.8. The van der Waals surface area contributed by atoms with Crippen LogP contribution in [0.25, 0.3) is 11.1 Å². The second-order valence-corrected chi connectivity index (χ2v) is 6.61. The smallest absolute Gasteiger partial charge is 0.472 e.